The lowest BCUT2D eigenvalue weighted by atomic mass is 9.96. The first-order chi connectivity index (χ1) is 9.11. The van der Waals surface area contributed by atoms with Crippen LogP contribution in [0, 0.1) is 0 Å². The summed E-state index contributed by atoms with van der Waals surface area (Å²) in [6, 6.07) is 14.8. The van der Waals surface area contributed by atoms with Crippen LogP contribution in [0.1, 0.15) is 30.9 Å². The molecule has 0 aliphatic rings. The Kier molecular flexibility index (Phi) is 4.62. The second-order valence-electron chi connectivity index (χ2n) is 5.11. The van der Waals surface area contributed by atoms with Crippen LogP contribution in [0.2, 0.25) is 5.02 Å². The molecule has 19 heavy (non-hydrogen) atoms. The minimum absolute atomic E-state index is 0.560. The first kappa shape index (κ1) is 14.1. The molecule has 0 aromatic heterocycles. The Morgan fingerprint density at radius 3 is 2.32 bits per heavy atom. The van der Waals surface area contributed by atoms with Gasteiger partial charge in [0.25, 0.3) is 0 Å². The molecule has 2 aromatic rings. The van der Waals surface area contributed by atoms with Crippen LogP contribution >= 0.6 is 11.6 Å². The molecule has 0 heterocycles. The highest BCUT2D eigenvalue weighted by Gasteiger charge is 2.06. The fraction of sp³-hybridized carbons (Fsp3) is 0.294. The van der Waals surface area contributed by atoms with E-state index >= 15 is 0 Å². The van der Waals surface area contributed by atoms with Crippen molar-refractivity contribution in [2.75, 3.05) is 7.05 Å². The highest BCUT2D eigenvalue weighted by atomic mass is 35.5. The van der Waals surface area contributed by atoms with Gasteiger partial charge in [0.2, 0.25) is 0 Å². The zero-order valence-electron chi connectivity index (χ0n) is 11.7. The predicted octanol–water partition coefficient (Wildman–Crippen LogP) is 4.85. The van der Waals surface area contributed by atoms with Crippen molar-refractivity contribution in [1.29, 1.82) is 0 Å². The Morgan fingerprint density at radius 1 is 1.05 bits per heavy atom. The zero-order chi connectivity index (χ0) is 13.8. The van der Waals surface area contributed by atoms with Crippen molar-refractivity contribution in [2.24, 2.45) is 0 Å². The van der Waals surface area contributed by atoms with Crippen molar-refractivity contribution < 1.29 is 0 Å². The second-order valence-corrected chi connectivity index (χ2v) is 5.54. The normalized spacial score (nSPS) is 11.0. The highest BCUT2D eigenvalue weighted by Crippen LogP contribution is 2.28. The van der Waals surface area contributed by atoms with Crippen molar-refractivity contribution in [3.63, 3.8) is 0 Å². The molecule has 0 radical (unpaired) electrons. The van der Waals surface area contributed by atoms with Gasteiger partial charge in [-0.15, -0.1) is 0 Å². The highest BCUT2D eigenvalue weighted by molar-refractivity contribution is 6.30. The predicted molar refractivity (Wildman–Crippen MR) is 83.7 cm³/mol. The number of hydrogen-bond acceptors (Lipinski definition) is 1. The molecular formula is C17H20ClN. The van der Waals surface area contributed by atoms with Crippen molar-refractivity contribution in [3.05, 3.63) is 58.6 Å². The smallest absolute Gasteiger partial charge is 0.0412 e. The molecule has 100 valence electrons. The summed E-state index contributed by atoms with van der Waals surface area (Å²) in [4.78, 5) is 0. The molecule has 2 aromatic carbocycles. The van der Waals surface area contributed by atoms with Gasteiger partial charge in [0.05, 0.1) is 0 Å². The number of hydrogen-bond donors (Lipinski definition) is 1. The first-order valence-electron chi connectivity index (χ1n) is 6.65. The molecule has 1 N–H and O–H groups in total. The number of nitrogens with one attached hydrogen (secondary N) is 1. The van der Waals surface area contributed by atoms with E-state index in [1.807, 2.05) is 19.2 Å². The molecule has 2 rings (SSSR count). The summed E-state index contributed by atoms with van der Waals surface area (Å²) in [5.41, 5.74) is 5.06. The summed E-state index contributed by atoms with van der Waals surface area (Å²) in [7, 11) is 1.96. The Labute approximate surface area is 120 Å². The van der Waals surface area contributed by atoms with Gasteiger partial charge in [-0.25, -0.2) is 0 Å². The van der Waals surface area contributed by atoms with Gasteiger partial charge in [-0.3, -0.25) is 0 Å². The maximum atomic E-state index is 6.13. The lowest BCUT2D eigenvalue weighted by Crippen LogP contribution is -2.06. The molecule has 0 fully saturated rings. The Hall–Kier alpha value is -1.31. The standard InChI is InChI=1S/C17H20ClN/c1-12(2)13-4-6-14(7-5-13)17-10-16(18)9-8-15(17)11-19-3/h4-10,12,19H,11H2,1-3H3. The summed E-state index contributed by atoms with van der Waals surface area (Å²) in [5.74, 6) is 0.560. The molecular weight excluding hydrogens is 254 g/mol. The van der Waals surface area contributed by atoms with Crippen LogP contribution in [0.4, 0.5) is 0 Å². The van der Waals surface area contributed by atoms with E-state index in [4.69, 9.17) is 11.6 Å². The van der Waals surface area contributed by atoms with Gasteiger partial charge < -0.3 is 5.32 Å². The molecule has 0 saturated carbocycles. The van der Waals surface area contributed by atoms with Gasteiger partial charge in [-0.2, -0.15) is 0 Å². The van der Waals surface area contributed by atoms with Crippen LogP contribution in [0.3, 0.4) is 0 Å². The summed E-state index contributed by atoms with van der Waals surface area (Å²) in [6.07, 6.45) is 0. The molecule has 0 bridgehead atoms. The summed E-state index contributed by atoms with van der Waals surface area (Å²) >= 11 is 6.13. The zero-order valence-corrected chi connectivity index (χ0v) is 12.5. The lowest BCUT2D eigenvalue weighted by molar-refractivity contribution is 0.819. The third kappa shape index (κ3) is 3.37. The molecule has 0 spiro atoms. The van der Waals surface area contributed by atoms with Crippen LogP contribution in [0.25, 0.3) is 11.1 Å². The second kappa shape index (κ2) is 6.23. The summed E-state index contributed by atoms with van der Waals surface area (Å²) in [5, 5.41) is 3.98. The van der Waals surface area contributed by atoms with E-state index in [-0.39, 0.29) is 0 Å². The summed E-state index contributed by atoms with van der Waals surface area (Å²) in [6.45, 7) is 5.26. The molecule has 0 aliphatic carbocycles. The van der Waals surface area contributed by atoms with Crippen LogP contribution in [0.5, 0.6) is 0 Å². The van der Waals surface area contributed by atoms with Crippen LogP contribution < -0.4 is 5.32 Å². The molecule has 0 amide bonds. The van der Waals surface area contributed by atoms with E-state index in [1.54, 1.807) is 0 Å². The Morgan fingerprint density at radius 2 is 1.74 bits per heavy atom. The van der Waals surface area contributed by atoms with Gasteiger partial charge in [-0.1, -0.05) is 55.8 Å². The van der Waals surface area contributed by atoms with Crippen LogP contribution in [-0.4, -0.2) is 7.05 Å². The fourth-order valence-corrected chi connectivity index (χ4v) is 2.38. The van der Waals surface area contributed by atoms with Crippen molar-refractivity contribution in [1.82, 2.24) is 5.32 Å². The molecule has 0 saturated heterocycles. The van der Waals surface area contributed by atoms with Gasteiger partial charge >= 0.3 is 0 Å². The van der Waals surface area contributed by atoms with Crippen LogP contribution in [0.15, 0.2) is 42.5 Å². The van der Waals surface area contributed by atoms with Crippen molar-refractivity contribution in [3.8, 4) is 11.1 Å². The minimum atomic E-state index is 0.560. The van der Waals surface area contributed by atoms with Crippen molar-refractivity contribution in [2.45, 2.75) is 26.3 Å². The van der Waals surface area contributed by atoms with Gasteiger partial charge in [0, 0.05) is 11.6 Å². The largest absolute Gasteiger partial charge is 0.316 e. The SMILES string of the molecule is CNCc1ccc(Cl)cc1-c1ccc(C(C)C)cc1. The maximum Gasteiger partial charge on any atom is 0.0412 e. The average molecular weight is 274 g/mol. The van der Waals surface area contributed by atoms with Gasteiger partial charge in [-0.05, 0) is 47.4 Å². The number of benzene rings is 2. The molecule has 2 heteroatoms. The maximum absolute atomic E-state index is 6.13. The van der Waals surface area contributed by atoms with Gasteiger partial charge in [0.1, 0.15) is 0 Å². The molecule has 0 atom stereocenters. The monoisotopic (exact) mass is 273 g/mol. The van der Waals surface area contributed by atoms with Gasteiger partial charge in [0.15, 0.2) is 0 Å². The van der Waals surface area contributed by atoms with Crippen molar-refractivity contribution >= 4 is 11.6 Å². The lowest BCUT2D eigenvalue weighted by Gasteiger charge is -2.12. The van der Waals surface area contributed by atoms with E-state index in [0.29, 0.717) is 5.92 Å². The van der Waals surface area contributed by atoms with E-state index in [0.717, 1.165) is 11.6 Å². The summed E-state index contributed by atoms with van der Waals surface area (Å²) < 4.78 is 0. The number of halogens is 1. The first-order valence-corrected chi connectivity index (χ1v) is 7.03. The third-order valence-electron chi connectivity index (χ3n) is 3.33. The van der Waals surface area contributed by atoms with E-state index in [2.05, 4.69) is 49.5 Å². The van der Waals surface area contributed by atoms with E-state index in [1.165, 1.54) is 22.3 Å². The number of rotatable bonds is 4. The topological polar surface area (TPSA) is 12.0 Å². The minimum Gasteiger partial charge on any atom is -0.316 e. The molecule has 1 nitrogen and oxygen atoms in total. The van der Waals surface area contributed by atoms with E-state index < -0.39 is 0 Å². The molecule has 0 unspecified atom stereocenters. The Balaban J connectivity index is 2.42. The Bertz CT molecular complexity index is 544. The van der Waals surface area contributed by atoms with E-state index in [9.17, 15) is 0 Å². The fourth-order valence-electron chi connectivity index (χ4n) is 2.21. The van der Waals surface area contributed by atoms with Crippen LogP contribution in [-0.2, 0) is 6.54 Å². The quantitative estimate of drug-likeness (QED) is 0.840. The molecule has 0 aliphatic heterocycles. The third-order valence-corrected chi connectivity index (χ3v) is 3.56. The average Bonchev–Trinajstić information content (AvgIpc) is 2.41.